The van der Waals surface area contributed by atoms with Crippen LogP contribution in [-0.4, -0.2) is 27.6 Å². The molecule has 0 fully saturated rings. The summed E-state index contributed by atoms with van der Waals surface area (Å²) in [6.07, 6.45) is 2.76. The maximum atomic E-state index is 12.7. The molecule has 0 saturated heterocycles. The summed E-state index contributed by atoms with van der Waals surface area (Å²) in [5.41, 5.74) is 4.27. The SMILES string of the molecule is COc1cc(/C=N/NC(=O)c2ccco2)ccc1OS(=O)(=O)c1cc(C)ccc1C. The van der Waals surface area contributed by atoms with E-state index in [1.165, 1.54) is 37.8 Å². The number of aryl methyl sites for hydroxylation is 2. The number of carbonyl (C=O) groups is 1. The molecule has 0 unspecified atom stereocenters. The molecule has 0 aliphatic heterocycles. The molecule has 0 bridgehead atoms. The van der Waals surface area contributed by atoms with Gasteiger partial charge in [0.05, 0.1) is 19.6 Å². The first-order valence-corrected chi connectivity index (χ1v) is 10.3. The summed E-state index contributed by atoms with van der Waals surface area (Å²) in [5.74, 6) is -0.131. The average Bonchev–Trinajstić information content (AvgIpc) is 3.25. The first-order chi connectivity index (χ1) is 14.3. The summed E-state index contributed by atoms with van der Waals surface area (Å²) < 4.78 is 41.0. The second-order valence-corrected chi connectivity index (χ2v) is 7.91. The lowest BCUT2D eigenvalue weighted by Gasteiger charge is -2.13. The Bertz CT molecular complexity index is 1180. The summed E-state index contributed by atoms with van der Waals surface area (Å²) in [5, 5.41) is 3.85. The molecule has 1 amide bonds. The van der Waals surface area contributed by atoms with Crippen molar-refractivity contribution in [3.8, 4) is 11.5 Å². The summed E-state index contributed by atoms with van der Waals surface area (Å²) in [6, 6.07) is 12.8. The van der Waals surface area contributed by atoms with Crippen LogP contribution in [0.4, 0.5) is 0 Å². The minimum Gasteiger partial charge on any atom is -0.493 e. The largest absolute Gasteiger partial charge is 0.493 e. The van der Waals surface area contributed by atoms with Crippen LogP contribution in [0.5, 0.6) is 11.5 Å². The maximum Gasteiger partial charge on any atom is 0.339 e. The molecule has 3 rings (SSSR count). The van der Waals surface area contributed by atoms with E-state index in [1.807, 2.05) is 6.07 Å². The van der Waals surface area contributed by atoms with Crippen molar-refractivity contribution in [2.24, 2.45) is 5.10 Å². The lowest BCUT2D eigenvalue weighted by atomic mass is 10.2. The van der Waals surface area contributed by atoms with Gasteiger partial charge in [-0.1, -0.05) is 12.1 Å². The molecule has 1 heterocycles. The number of nitrogens with zero attached hydrogens (tertiary/aromatic N) is 1. The number of rotatable bonds is 7. The quantitative estimate of drug-likeness (QED) is 0.351. The summed E-state index contributed by atoms with van der Waals surface area (Å²) >= 11 is 0. The van der Waals surface area contributed by atoms with E-state index in [9.17, 15) is 13.2 Å². The van der Waals surface area contributed by atoms with Gasteiger partial charge in [0.25, 0.3) is 0 Å². The van der Waals surface area contributed by atoms with Gasteiger partial charge in [-0.05, 0) is 66.9 Å². The van der Waals surface area contributed by atoms with E-state index in [4.69, 9.17) is 13.3 Å². The Morgan fingerprint density at radius 2 is 1.90 bits per heavy atom. The standard InChI is InChI=1S/C21H20N2O6S/c1-14-6-7-15(2)20(11-14)30(25,26)29-17-9-8-16(12-19(17)27-3)13-22-23-21(24)18-5-4-10-28-18/h4-13H,1-3H3,(H,23,24)/b22-13+. The van der Waals surface area contributed by atoms with Crippen molar-refractivity contribution in [2.75, 3.05) is 7.11 Å². The Morgan fingerprint density at radius 1 is 1.10 bits per heavy atom. The molecule has 0 spiro atoms. The zero-order chi connectivity index (χ0) is 21.7. The monoisotopic (exact) mass is 428 g/mol. The van der Waals surface area contributed by atoms with E-state index in [1.54, 1.807) is 38.1 Å². The fraction of sp³-hybridized carbons (Fsp3) is 0.143. The van der Waals surface area contributed by atoms with Gasteiger partial charge in [0.1, 0.15) is 4.90 Å². The molecule has 2 aromatic carbocycles. The molecular formula is C21H20N2O6S. The number of nitrogens with one attached hydrogen (secondary N) is 1. The molecule has 8 nitrogen and oxygen atoms in total. The van der Waals surface area contributed by atoms with Gasteiger partial charge >= 0.3 is 16.0 Å². The first-order valence-electron chi connectivity index (χ1n) is 8.87. The van der Waals surface area contributed by atoms with Crippen molar-refractivity contribution >= 4 is 22.2 Å². The van der Waals surface area contributed by atoms with E-state index in [2.05, 4.69) is 10.5 Å². The van der Waals surface area contributed by atoms with Gasteiger partial charge in [-0.25, -0.2) is 5.43 Å². The van der Waals surface area contributed by atoms with Crippen molar-refractivity contribution < 1.29 is 26.5 Å². The topological polar surface area (TPSA) is 107 Å². The molecule has 0 saturated carbocycles. The predicted octanol–water partition coefficient (Wildman–Crippen LogP) is 3.44. The highest BCUT2D eigenvalue weighted by Crippen LogP contribution is 2.31. The van der Waals surface area contributed by atoms with Gasteiger partial charge in [0, 0.05) is 0 Å². The van der Waals surface area contributed by atoms with Gasteiger partial charge < -0.3 is 13.3 Å². The molecule has 0 radical (unpaired) electrons. The molecule has 1 N–H and O–H groups in total. The molecular weight excluding hydrogens is 408 g/mol. The van der Waals surface area contributed by atoms with Gasteiger partial charge in [-0.2, -0.15) is 13.5 Å². The summed E-state index contributed by atoms with van der Waals surface area (Å²) in [6.45, 7) is 3.50. The van der Waals surface area contributed by atoms with Crippen LogP contribution < -0.4 is 14.3 Å². The molecule has 0 atom stereocenters. The molecule has 1 aromatic heterocycles. The van der Waals surface area contributed by atoms with E-state index < -0.39 is 16.0 Å². The minimum atomic E-state index is -4.05. The smallest absolute Gasteiger partial charge is 0.339 e. The molecule has 0 aliphatic rings. The van der Waals surface area contributed by atoms with E-state index in [0.717, 1.165) is 5.56 Å². The van der Waals surface area contributed by atoms with Crippen LogP contribution in [0.25, 0.3) is 0 Å². The fourth-order valence-electron chi connectivity index (χ4n) is 2.60. The van der Waals surface area contributed by atoms with Crippen LogP contribution in [0, 0.1) is 13.8 Å². The van der Waals surface area contributed by atoms with Crippen LogP contribution in [-0.2, 0) is 10.1 Å². The minimum absolute atomic E-state index is 0.0372. The fourth-order valence-corrected chi connectivity index (χ4v) is 3.86. The lowest BCUT2D eigenvalue weighted by molar-refractivity contribution is 0.0927. The number of hydrazone groups is 1. The number of benzene rings is 2. The first kappa shape index (κ1) is 21.1. The third-order valence-corrected chi connectivity index (χ3v) is 5.50. The molecule has 30 heavy (non-hydrogen) atoms. The summed E-state index contributed by atoms with van der Waals surface area (Å²) in [4.78, 5) is 11.9. The number of hydrogen-bond acceptors (Lipinski definition) is 7. The van der Waals surface area contributed by atoms with Crippen molar-refractivity contribution in [3.63, 3.8) is 0 Å². The van der Waals surface area contributed by atoms with Crippen molar-refractivity contribution in [3.05, 3.63) is 77.2 Å². The van der Waals surface area contributed by atoms with Crippen LogP contribution in [0.1, 0.15) is 27.2 Å². The zero-order valence-corrected chi connectivity index (χ0v) is 17.4. The Labute approximate surface area is 174 Å². The van der Waals surface area contributed by atoms with Crippen molar-refractivity contribution in [1.82, 2.24) is 5.43 Å². The third kappa shape index (κ3) is 4.87. The number of amides is 1. The van der Waals surface area contributed by atoms with Crippen LogP contribution in [0.2, 0.25) is 0 Å². The van der Waals surface area contributed by atoms with Gasteiger partial charge in [-0.3, -0.25) is 4.79 Å². The summed E-state index contributed by atoms with van der Waals surface area (Å²) in [7, 11) is -2.65. The molecule has 3 aromatic rings. The second kappa shape index (κ2) is 8.83. The Kier molecular flexibility index (Phi) is 6.22. The lowest BCUT2D eigenvalue weighted by Crippen LogP contribution is -2.16. The van der Waals surface area contributed by atoms with Gasteiger partial charge in [0.2, 0.25) is 0 Å². The highest BCUT2D eigenvalue weighted by atomic mass is 32.2. The van der Waals surface area contributed by atoms with E-state index >= 15 is 0 Å². The normalized spacial score (nSPS) is 11.4. The number of hydrogen-bond donors (Lipinski definition) is 1. The molecule has 9 heteroatoms. The number of carbonyl (C=O) groups excluding carboxylic acids is 1. The van der Waals surface area contributed by atoms with E-state index in [0.29, 0.717) is 11.1 Å². The van der Waals surface area contributed by atoms with E-state index in [-0.39, 0.29) is 22.2 Å². The maximum absolute atomic E-state index is 12.7. The zero-order valence-electron chi connectivity index (χ0n) is 16.6. The number of methoxy groups -OCH3 is 1. The third-order valence-electron chi connectivity index (χ3n) is 4.12. The second-order valence-electron chi connectivity index (χ2n) is 6.39. The van der Waals surface area contributed by atoms with Crippen molar-refractivity contribution in [1.29, 1.82) is 0 Å². The highest BCUT2D eigenvalue weighted by Gasteiger charge is 2.21. The van der Waals surface area contributed by atoms with Crippen LogP contribution >= 0.6 is 0 Å². The van der Waals surface area contributed by atoms with Gasteiger partial charge in [-0.15, -0.1) is 0 Å². The average molecular weight is 428 g/mol. The number of furan rings is 1. The van der Waals surface area contributed by atoms with Crippen molar-refractivity contribution in [2.45, 2.75) is 18.7 Å². The molecule has 0 aliphatic carbocycles. The highest BCUT2D eigenvalue weighted by molar-refractivity contribution is 7.87. The number of ether oxygens (including phenoxy) is 1. The Balaban J connectivity index is 1.78. The Morgan fingerprint density at radius 3 is 2.60 bits per heavy atom. The van der Waals surface area contributed by atoms with Crippen LogP contribution in [0.15, 0.2) is 69.2 Å². The Hall–Kier alpha value is -3.59. The van der Waals surface area contributed by atoms with Crippen LogP contribution in [0.3, 0.4) is 0 Å². The predicted molar refractivity (Wildman–Crippen MR) is 110 cm³/mol. The molecule has 156 valence electrons. The van der Waals surface area contributed by atoms with Gasteiger partial charge in [0.15, 0.2) is 17.3 Å².